The standard InChI is InChI=1S/C24H23N3O4S/c1-3-31-24(30)17-6-10-20(11-7-17)27-13-18(12-22(27)28)23(29)26-19-8-4-16(5-9-19)21-14-32-15(2)25-21/h4-11,14,18H,3,12-13H2,1-2H3,(H,26,29). The van der Waals surface area contributed by atoms with E-state index in [1.54, 1.807) is 47.4 Å². The van der Waals surface area contributed by atoms with E-state index in [0.29, 0.717) is 30.1 Å². The van der Waals surface area contributed by atoms with E-state index in [1.165, 1.54) is 0 Å². The van der Waals surface area contributed by atoms with E-state index in [4.69, 9.17) is 4.74 Å². The van der Waals surface area contributed by atoms with Crippen molar-refractivity contribution in [3.63, 3.8) is 0 Å². The normalized spacial score (nSPS) is 15.6. The molecule has 1 aliphatic rings. The smallest absolute Gasteiger partial charge is 0.338 e. The molecule has 32 heavy (non-hydrogen) atoms. The van der Waals surface area contributed by atoms with Gasteiger partial charge in [0.25, 0.3) is 0 Å². The summed E-state index contributed by atoms with van der Waals surface area (Å²) in [6, 6.07) is 14.2. The van der Waals surface area contributed by atoms with Crippen molar-refractivity contribution in [1.29, 1.82) is 0 Å². The van der Waals surface area contributed by atoms with Gasteiger partial charge in [-0.05, 0) is 50.2 Å². The van der Waals surface area contributed by atoms with Crippen LogP contribution in [0.25, 0.3) is 11.3 Å². The molecule has 164 valence electrons. The summed E-state index contributed by atoms with van der Waals surface area (Å²) in [4.78, 5) is 43.1. The van der Waals surface area contributed by atoms with E-state index in [-0.39, 0.29) is 18.2 Å². The van der Waals surface area contributed by atoms with Crippen LogP contribution in [-0.4, -0.2) is 35.9 Å². The van der Waals surface area contributed by atoms with Crippen molar-refractivity contribution < 1.29 is 19.1 Å². The highest BCUT2D eigenvalue weighted by molar-refractivity contribution is 7.09. The Morgan fingerprint density at radius 1 is 1.16 bits per heavy atom. The van der Waals surface area contributed by atoms with Gasteiger partial charge in [-0.15, -0.1) is 11.3 Å². The first-order chi connectivity index (χ1) is 15.4. The van der Waals surface area contributed by atoms with Gasteiger partial charge in [0.2, 0.25) is 11.8 Å². The third kappa shape index (κ3) is 4.70. The van der Waals surface area contributed by atoms with Crippen molar-refractivity contribution in [3.05, 3.63) is 64.5 Å². The van der Waals surface area contributed by atoms with Crippen molar-refractivity contribution in [3.8, 4) is 11.3 Å². The fraction of sp³-hybridized carbons (Fsp3) is 0.250. The van der Waals surface area contributed by atoms with Crippen molar-refractivity contribution in [2.24, 2.45) is 5.92 Å². The van der Waals surface area contributed by atoms with Crippen LogP contribution in [0.2, 0.25) is 0 Å². The summed E-state index contributed by atoms with van der Waals surface area (Å²) in [6.45, 7) is 4.30. The van der Waals surface area contributed by atoms with E-state index in [9.17, 15) is 14.4 Å². The number of hydrogen-bond donors (Lipinski definition) is 1. The summed E-state index contributed by atoms with van der Waals surface area (Å²) < 4.78 is 4.98. The SMILES string of the molecule is CCOC(=O)c1ccc(N2CC(C(=O)Nc3ccc(-c4csc(C)n4)cc3)CC2=O)cc1. The van der Waals surface area contributed by atoms with Crippen LogP contribution in [0.4, 0.5) is 11.4 Å². The van der Waals surface area contributed by atoms with E-state index < -0.39 is 11.9 Å². The minimum absolute atomic E-state index is 0.122. The number of anilines is 2. The Balaban J connectivity index is 1.38. The number of benzene rings is 2. The molecule has 0 aliphatic carbocycles. The number of nitrogens with one attached hydrogen (secondary N) is 1. The summed E-state index contributed by atoms with van der Waals surface area (Å²) >= 11 is 1.59. The van der Waals surface area contributed by atoms with Gasteiger partial charge < -0.3 is 15.0 Å². The number of nitrogens with zero attached hydrogens (tertiary/aromatic N) is 2. The lowest BCUT2D eigenvalue weighted by Gasteiger charge is -2.17. The first-order valence-corrected chi connectivity index (χ1v) is 11.2. The summed E-state index contributed by atoms with van der Waals surface area (Å²) in [5.41, 5.74) is 3.65. The molecule has 0 radical (unpaired) electrons. The molecule has 1 aromatic heterocycles. The summed E-state index contributed by atoms with van der Waals surface area (Å²) in [5.74, 6) is -1.17. The molecular weight excluding hydrogens is 426 g/mol. The molecule has 0 saturated carbocycles. The molecular formula is C24H23N3O4S. The maximum absolute atomic E-state index is 12.7. The number of thiazole rings is 1. The van der Waals surface area contributed by atoms with E-state index >= 15 is 0 Å². The van der Waals surface area contributed by atoms with Gasteiger partial charge >= 0.3 is 5.97 Å². The van der Waals surface area contributed by atoms with Gasteiger partial charge in [0.15, 0.2) is 0 Å². The lowest BCUT2D eigenvalue weighted by atomic mass is 10.1. The first kappa shape index (κ1) is 21.7. The minimum atomic E-state index is -0.451. The molecule has 1 fully saturated rings. The molecule has 1 unspecified atom stereocenters. The van der Waals surface area contributed by atoms with Gasteiger partial charge in [-0.1, -0.05) is 12.1 Å². The van der Waals surface area contributed by atoms with Gasteiger partial charge in [0, 0.05) is 35.3 Å². The van der Waals surface area contributed by atoms with Crippen LogP contribution >= 0.6 is 11.3 Å². The highest BCUT2D eigenvalue weighted by Crippen LogP contribution is 2.27. The predicted molar refractivity (Wildman–Crippen MR) is 124 cm³/mol. The van der Waals surface area contributed by atoms with Crippen molar-refractivity contribution in [2.75, 3.05) is 23.4 Å². The molecule has 1 atom stereocenters. The number of hydrogen-bond acceptors (Lipinski definition) is 6. The Labute approximate surface area is 190 Å². The average molecular weight is 450 g/mol. The molecule has 1 aliphatic heterocycles. The van der Waals surface area contributed by atoms with Crippen molar-refractivity contribution in [1.82, 2.24) is 4.98 Å². The molecule has 1 saturated heterocycles. The number of esters is 1. The first-order valence-electron chi connectivity index (χ1n) is 10.4. The second kappa shape index (κ2) is 9.32. The van der Waals surface area contributed by atoms with Crippen molar-refractivity contribution in [2.45, 2.75) is 20.3 Å². The number of carbonyl (C=O) groups is 3. The maximum atomic E-state index is 12.7. The van der Waals surface area contributed by atoms with Crippen molar-refractivity contribution >= 4 is 40.5 Å². The van der Waals surface area contributed by atoms with Gasteiger partial charge in [-0.3, -0.25) is 9.59 Å². The molecule has 8 heteroatoms. The van der Waals surface area contributed by atoms with E-state index in [2.05, 4.69) is 10.3 Å². The Morgan fingerprint density at radius 2 is 1.88 bits per heavy atom. The lowest BCUT2D eigenvalue weighted by Crippen LogP contribution is -2.28. The third-order valence-electron chi connectivity index (χ3n) is 5.25. The van der Waals surface area contributed by atoms with E-state index in [0.717, 1.165) is 16.3 Å². The zero-order chi connectivity index (χ0) is 22.7. The van der Waals surface area contributed by atoms with Crippen LogP contribution in [0.3, 0.4) is 0 Å². The molecule has 0 spiro atoms. The molecule has 2 aromatic carbocycles. The van der Waals surface area contributed by atoms with Crippen LogP contribution < -0.4 is 10.2 Å². The summed E-state index contributed by atoms with van der Waals surface area (Å²) in [5, 5.41) is 5.91. The molecule has 2 amide bonds. The monoisotopic (exact) mass is 449 g/mol. The topological polar surface area (TPSA) is 88.6 Å². The Kier molecular flexibility index (Phi) is 6.32. The minimum Gasteiger partial charge on any atom is -0.462 e. The van der Waals surface area contributed by atoms with E-state index in [1.807, 2.05) is 36.6 Å². The molecule has 2 heterocycles. The Morgan fingerprint density at radius 3 is 2.50 bits per heavy atom. The Bertz CT molecular complexity index is 1140. The maximum Gasteiger partial charge on any atom is 0.338 e. The second-order valence-electron chi connectivity index (χ2n) is 7.49. The van der Waals surface area contributed by atoms with Crippen LogP contribution in [0.1, 0.15) is 28.7 Å². The molecule has 4 rings (SSSR count). The van der Waals surface area contributed by atoms with Crippen LogP contribution in [-0.2, 0) is 14.3 Å². The molecule has 7 nitrogen and oxygen atoms in total. The lowest BCUT2D eigenvalue weighted by molar-refractivity contribution is -0.122. The van der Waals surface area contributed by atoms with Crippen LogP contribution in [0.15, 0.2) is 53.9 Å². The highest BCUT2D eigenvalue weighted by Gasteiger charge is 2.35. The quantitative estimate of drug-likeness (QED) is 0.567. The number of aromatic nitrogens is 1. The largest absolute Gasteiger partial charge is 0.462 e. The van der Waals surface area contributed by atoms with Crippen LogP contribution in [0.5, 0.6) is 0 Å². The second-order valence-corrected chi connectivity index (χ2v) is 8.55. The van der Waals surface area contributed by atoms with Gasteiger partial charge in [-0.2, -0.15) is 0 Å². The predicted octanol–water partition coefficient (Wildman–Crippen LogP) is 4.29. The number of ether oxygens (including phenoxy) is 1. The Hall–Kier alpha value is -3.52. The van der Waals surface area contributed by atoms with Gasteiger partial charge in [0.05, 0.1) is 28.8 Å². The number of carbonyl (C=O) groups excluding carboxylic acids is 3. The average Bonchev–Trinajstić information content (AvgIpc) is 3.40. The fourth-order valence-electron chi connectivity index (χ4n) is 3.59. The summed E-state index contributed by atoms with van der Waals surface area (Å²) in [7, 11) is 0. The number of amides is 2. The van der Waals surface area contributed by atoms with Gasteiger partial charge in [0.1, 0.15) is 0 Å². The molecule has 0 bridgehead atoms. The third-order valence-corrected chi connectivity index (χ3v) is 6.03. The van der Waals surface area contributed by atoms with Gasteiger partial charge in [-0.25, -0.2) is 9.78 Å². The van der Waals surface area contributed by atoms with Crippen LogP contribution in [0, 0.1) is 12.8 Å². The zero-order valence-electron chi connectivity index (χ0n) is 17.8. The number of rotatable bonds is 6. The molecule has 1 N–H and O–H groups in total. The highest BCUT2D eigenvalue weighted by atomic mass is 32.1. The molecule has 3 aromatic rings. The summed E-state index contributed by atoms with van der Waals surface area (Å²) in [6.07, 6.45) is 0.141. The zero-order valence-corrected chi connectivity index (χ0v) is 18.6. The fourth-order valence-corrected chi connectivity index (χ4v) is 4.21. The number of aryl methyl sites for hydroxylation is 1.